The Morgan fingerprint density at radius 2 is 2.08 bits per heavy atom. The first kappa shape index (κ1) is 11.0. The van der Waals surface area contributed by atoms with E-state index >= 15 is 0 Å². The molecule has 2 heteroatoms. The summed E-state index contributed by atoms with van der Waals surface area (Å²) in [5, 5.41) is 3.61. The molecule has 0 amide bonds. The number of hydrogen-bond acceptors (Lipinski definition) is 2. The summed E-state index contributed by atoms with van der Waals surface area (Å²) >= 11 is 0. The average Bonchev–Trinajstić information content (AvgIpc) is 2.25. The van der Waals surface area contributed by atoms with Gasteiger partial charge in [0.15, 0.2) is 0 Å². The molecule has 0 aromatic carbocycles. The van der Waals surface area contributed by atoms with Crippen LogP contribution in [0.4, 0.5) is 0 Å². The van der Waals surface area contributed by atoms with Crippen molar-refractivity contribution in [2.45, 2.75) is 46.1 Å². The maximum Gasteiger partial charge on any atom is 0.00979 e. The highest BCUT2D eigenvalue weighted by Gasteiger charge is 2.35. The largest absolute Gasteiger partial charge is 0.330 e. The van der Waals surface area contributed by atoms with E-state index in [0.717, 1.165) is 31.5 Å². The summed E-state index contributed by atoms with van der Waals surface area (Å²) < 4.78 is 0. The Labute approximate surface area is 82.3 Å². The molecule has 0 bridgehead atoms. The number of nitrogens with one attached hydrogen (secondary N) is 1. The van der Waals surface area contributed by atoms with Gasteiger partial charge in [-0.15, -0.1) is 0 Å². The van der Waals surface area contributed by atoms with E-state index in [-0.39, 0.29) is 0 Å². The maximum atomic E-state index is 5.46. The van der Waals surface area contributed by atoms with Crippen LogP contribution >= 0.6 is 0 Å². The molecule has 1 aliphatic rings. The highest BCUT2D eigenvalue weighted by Crippen LogP contribution is 2.40. The quantitative estimate of drug-likeness (QED) is 0.653. The highest BCUT2D eigenvalue weighted by atomic mass is 14.9. The third-order valence-electron chi connectivity index (χ3n) is 3.12. The smallest absolute Gasteiger partial charge is 0.00979 e. The fourth-order valence-corrected chi connectivity index (χ4v) is 2.56. The van der Waals surface area contributed by atoms with Gasteiger partial charge in [-0.1, -0.05) is 20.8 Å². The third kappa shape index (κ3) is 3.28. The molecule has 0 saturated heterocycles. The van der Waals surface area contributed by atoms with Gasteiger partial charge in [0.05, 0.1) is 0 Å². The first-order valence-corrected chi connectivity index (χ1v) is 5.48. The van der Waals surface area contributed by atoms with Gasteiger partial charge in [0.25, 0.3) is 0 Å². The van der Waals surface area contributed by atoms with Gasteiger partial charge in [-0.2, -0.15) is 0 Å². The van der Waals surface area contributed by atoms with Crippen LogP contribution in [0.5, 0.6) is 0 Å². The zero-order valence-electron chi connectivity index (χ0n) is 9.27. The van der Waals surface area contributed by atoms with Crippen molar-refractivity contribution in [1.82, 2.24) is 5.32 Å². The van der Waals surface area contributed by atoms with Crippen LogP contribution in [0.25, 0.3) is 0 Å². The van der Waals surface area contributed by atoms with Gasteiger partial charge in [0, 0.05) is 6.04 Å². The fraction of sp³-hybridized carbons (Fsp3) is 1.00. The monoisotopic (exact) mass is 184 g/mol. The van der Waals surface area contributed by atoms with Crippen molar-refractivity contribution < 1.29 is 0 Å². The van der Waals surface area contributed by atoms with Crippen molar-refractivity contribution in [2.75, 3.05) is 13.1 Å². The second-order valence-electron chi connectivity index (χ2n) is 5.25. The van der Waals surface area contributed by atoms with E-state index in [1.807, 2.05) is 0 Å². The Kier molecular flexibility index (Phi) is 3.74. The van der Waals surface area contributed by atoms with E-state index in [2.05, 4.69) is 26.1 Å². The van der Waals surface area contributed by atoms with Crippen LogP contribution in [-0.4, -0.2) is 19.1 Å². The summed E-state index contributed by atoms with van der Waals surface area (Å²) in [4.78, 5) is 0. The van der Waals surface area contributed by atoms with E-state index in [9.17, 15) is 0 Å². The molecule has 2 atom stereocenters. The molecule has 2 nitrogen and oxygen atoms in total. The van der Waals surface area contributed by atoms with E-state index < -0.39 is 0 Å². The van der Waals surface area contributed by atoms with Crippen LogP contribution in [0.2, 0.25) is 0 Å². The molecular weight excluding hydrogens is 160 g/mol. The van der Waals surface area contributed by atoms with E-state index in [4.69, 9.17) is 5.73 Å². The van der Waals surface area contributed by atoms with E-state index in [0.29, 0.717) is 5.41 Å². The van der Waals surface area contributed by atoms with Crippen molar-refractivity contribution in [1.29, 1.82) is 0 Å². The molecule has 0 spiro atoms. The molecule has 0 radical (unpaired) electrons. The molecule has 0 aromatic rings. The second kappa shape index (κ2) is 4.43. The van der Waals surface area contributed by atoms with Crippen LogP contribution in [-0.2, 0) is 0 Å². The summed E-state index contributed by atoms with van der Waals surface area (Å²) in [6, 6.07) is 0.724. The van der Waals surface area contributed by atoms with E-state index in [1.54, 1.807) is 0 Å². The first-order valence-electron chi connectivity index (χ1n) is 5.48. The van der Waals surface area contributed by atoms with Gasteiger partial charge in [-0.3, -0.25) is 0 Å². The van der Waals surface area contributed by atoms with Crippen LogP contribution in [0.15, 0.2) is 0 Å². The average molecular weight is 184 g/mol. The van der Waals surface area contributed by atoms with Crippen LogP contribution in [0, 0.1) is 11.3 Å². The predicted molar refractivity (Wildman–Crippen MR) is 57.6 cm³/mol. The SMILES string of the molecule is CC1CC(C)(C)CC1NCCCN. The minimum absolute atomic E-state index is 0.541. The third-order valence-corrected chi connectivity index (χ3v) is 3.12. The van der Waals surface area contributed by atoms with Crippen LogP contribution in [0.1, 0.15) is 40.0 Å². The Balaban J connectivity index is 2.27. The molecule has 1 aliphatic carbocycles. The summed E-state index contributed by atoms with van der Waals surface area (Å²) in [5.41, 5.74) is 6.00. The lowest BCUT2D eigenvalue weighted by atomic mass is 9.91. The minimum atomic E-state index is 0.541. The standard InChI is InChI=1S/C11H24N2/c1-9-7-11(2,3)8-10(9)13-6-4-5-12/h9-10,13H,4-8,12H2,1-3H3. The topological polar surface area (TPSA) is 38.0 Å². The Morgan fingerprint density at radius 1 is 1.38 bits per heavy atom. The van der Waals surface area contributed by atoms with Crippen molar-refractivity contribution >= 4 is 0 Å². The molecule has 0 aliphatic heterocycles. The highest BCUT2D eigenvalue weighted by molar-refractivity contribution is 4.90. The van der Waals surface area contributed by atoms with Crippen molar-refractivity contribution in [3.05, 3.63) is 0 Å². The van der Waals surface area contributed by atoms with Gasteiger partial charge in [-0.25, -0.2) is 0 Å². The Hall–Kier alpha value is -0.0800. The lowest BCUT2D eigenvalue weighted by molar-refractivity contribution is 0.362. The van der Waals surface area contributed by atoms with Gasteiger partial charge in [0.2, 0.25) is 0 Å². The molecule has 0 heterocycles. The Morgan fingerprint density at radius 3 is 2.54 bits per heavy atom. The number of hydrogen-bond donors (Lipinski definition) is 2. The molecule has 1 saturated carbocycles. The van der Waals surface area contributed by atoms with Crippen molar-refractivity contribution in [2.24, 2.45) is 17.1 Å². The molecule has 2 unspecified atom stereocenters. The maximum absolute atomic E-state index is 5.46. The molecule has 13 heavy (non-hydrogen) atoms. The predicted octanol–water partition coefficient (Wildman–Crippen LogP) is 1.75. The van der Waals surface area contributed by atoms with Crippen LogP contribution in [0.3, 0.4) is 0 Å². The molecular formula is C11H24N2. The zero-order chi connectivity index (χ0) is 9.90. The van der Waals surface area contributed by atoms with Gasteiger partial charge in [0.1, 0.15) is 0 Å². The summed E-state index contributed by atoms with van der Waals surface area (Å²) in [6.07, 6.45) is 3.77. The summed E-state index contributed by atoms with van der Waals surface area (Å²) in [7, 11) is 0. The first-order chi connectivity index (χ1) is 6.05. The second-order valence-corrected chi connectivity index (χ2v) is 5.25. The zero-order valence-corrected chi connectivity index (χ0v) is 9.27. The minimum Gasteiger partial charge on any atom is -0.330 e. The number of nitrogens with two attached hydrogens (primary N) is 1. The van der Waals surface area contributed by atoms with Crippen molar-refractivity contribution in [3.63, 3.8) is 0 Å². The normalized spacial score (nSPS) is 32.3. The molecule has 78 valence electrons. The Bertz CT molecular complexity index is 154. The lowest BCUT2D eigenvalue weighted by Crippen LogP contribution is -2.33. The molecule has 1 rings (SSSR count). The molecule has 3 N–H and O–H groups in total. The van der Waals surface area contributed by atoms with Crippen LogP contribution < -0.4 is 11.1 Å². The summed E-state index contributed by atoms with van der Waals surface area (Å²) in [5.74, 6) is 0.827. The molecule has 1 fully saturated rings. The lowest BCUT2D eigenvalue weighted by Gasteiger charge is -2.18. The van der Waals surface area contributed by atoms with E-state index in [1.165, 1.54) is 12.8 Å². The van der Waals surface area contributed by atoms with Gasteiger partial charge in [-0.05, 0) is 43.7 Å². The molecule has 0 aromatic heterocycles. The number of rotatable bonds is 4. The van der Waals surface area contributed by atoms with Gasteiger partial charge >= 0.3 is 0 Å². The van der Waals surface area contributed by atoms with Crippen molar-refractivity contribution in [3.8, 4) is 0 Å². The fourth-order valence-electron chi connectivity index (χ4n) is 2.56. The van der Waals surface area contributed by atoms with Gasteiger partial charge < -0.3 is 11.1 Å². The summed E-state index contributed by atoms with van der Waals surface area (Å²) in [6.45, 7) is 8.98.